The predicted octanol–water partition coefficient (Wildman–Crippen LogP) is 2.92. The van der Waals surface area contributed by atoms with Crippen LogP contribution in [0.5, 0.6) is 0 Å². The van der Waals surface area contributed by atoms with E-state index in [1.165, 1.54) is 17.3 Å². The number of hydrogen-bond donors (Lipinski definition) is 0. The van der Waals surface area contributed by atoms with Crippen molar-refractivity contribution in [3.8, 4) is 11.1 Å². The highest BCUT2D eigenvalue weighted by atomic mass is 19.1. The van der Waals surface area contributed by atoms with E-state index in [-0.39, 0.29) is 0 Å². The summed E-state index contributed by atoms with van der Waals surface area (Å²) in [4.78, 5) is 28.1. The third-order valence-corrected chi connectivity index (χ3v) is 4.35. The second-order valence-electron chi connectivity index (χ2n) is 6.14. The number of aldehydes is 1. The van der Waals surface area contributed by atoms with Crippen LogP contribution in [0.25, 0.3) is 11.1 Å². The van der Waals surface area contributed by atoms with Crippen LogP contribution >= 0.6 is 0 Å². The monoisotopic (exact) mass is 366 g/mol. The van der Waals surface area contributed by atoms with Crippen LogP contribution in [0.2, 0.25) is 0 Å². The Labute approximate surface area is 154 Å². The Kier molecular flexibility index (Phi) is 4.37. The summed E-state index contributed by atoms with van der Waals surface area (Å²) in [5.74, 6) is -0.459. The van der Waals surface area contributed by atoms with Gasteiger partial charge in [-0.2, -0.15) is 5.10 Å². The second kappa shape index (κ2) is 6.99. The van der Waals surface area contributed by atoms with Gasteiger partial charge in [0.1, 0.15) is 30.9 Å². The first kappa shape index (κ1) is 16.9. The van der Waals surface area contributed by atoms with Crippen molar-refractivity contribution in [3.05, 3.63) is 66.5 Å². The van der Waals surface area contributed by atoms with Gasteiger partial charge in [-0.25, -0.2) is 18.9 Å². The van der Waals surface area contributed by atoms with Crippen LogP contribution in [-0.4, -0.2) is 39.8 Å². The molecule has 0 saturated carbocycles. The van der Waals surface area contributed by atoms with Crippen LogP contribution in [0.4, 0.5) is 14.9 Å². The molecule has 136 valence electrons. The molecule has 0 radical (unpaired) electrons. The molecule has 7 nitrogen and oxygen atoms in total. The van der Waals surface area contributed by atoms with E-state index in [9.17, 15) is 14.0 Å². The number of aromatic nitrogens is 3. The van der Waals surface area contributed by atoms with Gasteiger partial charge in [0.05, 0.1) is 18.8 Å². The maximum atomic E-state index is 14.6. The molecule has 0 bridgehead atoms. The molecule has 2 heterocycles. The lowest BCUT2D eigenvalue weighted by Gasteiger charge is -2.14. The van der Waals surface area contributed by atoms with Gasteiger partial charge in [0.15, 0.2) is 0 Å². The molecule has 1 aliphatic heterocycles. The minimum Gasteiger partial charge on any atom is -0.442 e. The van der Waals surface area contributed by atoms with Crippen LogP contribution < -0.4 is 4.90 Å². The molecule has 1 amide bonds. The number of rotatable bonds is 5. The van der Waals surface area contributed by atoms with Crippen molar-refractivity contribution in [2.24, 2.45) is 0 Å². The highest BCUT2D eigenvalue weighted by Gasteiger charge is 2.33. The summed E-state index contributed by atoms with van der Waals surface area (Å²) in [5.41, 5.74) is 1.99. The second-order valence-corrected chi connectivity index (χ2v) is 6.14. The zero-order chi connectivity index (χ0) is 18.8. The van der Waals surface area contributed by atoms with E-state index in [4.69, 9.17) is 4.74 Å². The third kappa shape index (κ3) is 3.41. The predicted molar refractivity (Wildman–Crippen MR) is 94.9 cm³/mol. The van der Waals surface area contributed by atoms with E-state index in [1.807, 2.05) is 0 Å². The lowest BCUT2D eigenvalue weighted by atomic mass is 10.0. The van der Waals surface area contributed by atoms with E-state index >= 15 is 0 Å². The number of cyclic esters (lactones) is 1. The molecule has 1 fully saturated rings. The molecule has 1 aromatic heterocycles. The minimum atomic E-state index is -0.525. The molecule has 8 heteroatoms. The Hall–Kier alpha value is -3.55. The average molecular weight is 366 g/mol. The number of nitrogens with zero attached hydrogens (tertiary/aromatic N) is 4. The summed E-state index contributed by atoms with van der Waals surface area (Å²) in [6, 6.07) is 11.2. The molecule has 4 rings (SSSR count). The van der Waals surface area contributed by atoms with Crippen molar-refractivity contribution in [2.75, 3.05) is 11.4 Å². The van der Waals surface area contributed by atoms with Gasteiger partial charge in [-0.05, 0) is 23.8 Å². The van der Waals surface area contributed by atoms with Gasteiger partial charge in [-0.15, -0.1) is 0 Å². The number of benzene rings is 2. The van der Waals surface area contributed by atoms with Crippen LogP contribution in [0.1, 0.15) is 10.4 Å². The number of carbonyl (C=O) groups is 2. The number of anilines is 1. The van der Waals surface area contributed by atoms with Gasteiger partial charge >= 0.3 is 6.09 Å². The van der Waals surface area contributed by atoms with Crippen molar-refractivity contribution in [1.82, 2.24) is 14.8 Å². The number of halogens is 1. The molecular formula is C19H15FN4O3. The van der Waals surface area contributed by atoms with Gasteiger partial charge < -0.3 is 4.74 Å². The smallest absolute Gasteiger partial charge is 0.414 e. The van der Waals surface area contributed by atoms with Crippen molar-refractivity contribution in [2.45, 2.75) is 12.6 Å². The highest BCUT2D eigenvalue weighted by Crippen LogP contribution is 2.29. The Morgan fingerprint density at radius 1 is 1.22 bits per heavy atom. The molecule has 1 unspecified atom stereocenters. The van der Waals surface area contributed by atoms with Gasteiger partial charge in [0, 0.05) is 11.1 Å². The summed E-state index contributed by atoms with van der Waals surface area (Å²) in [5, 5.41) is 3.99. The Bertz CT molecular complexity index is 973. The van der Waals surface area contributed by atoms with Crippen molar-refractivity contribution >= 4 is 18.1 Å². The molecule has 27 heavy (non-hydrogen) atoms. The molecule has 1 aliphatic rings. The van der Waals surface area contributed by atoms with E-state index in [1.54, 1.807) is 47.4 Å². The minimum absolute atomic E-state index is 0.297. The van der Waals surface area contributed by atoms with Crippen molar-refractivity contribution < 1.29 is 18.7 Å². The quantitative estimate of drug-likeness (QED) is 0.649. The summed E-state index contributed by atoms with van der Waals surface area (Å²) < 4.78 is 21.5. The summed E-state index contributed by atoms with van der Waals surface area (Å²) >= 11 is 0. The third-order valence-electron chi connectivity index (χ3n) is 4.35. The summed E-state index contributed by atoms with van der Waals surface area (Å²) in [6.07, 6.45) is 2.77. The maximum Gasteiger partial charge on any atom is 0.414 e. The summed E-state index contributed by atoms with van der Waals surface area (Å²) in [7, 11) is 0. The maximum absolute atomic E-state index is 14.6. The molecule has 0 aliphatic carbocycles. The largest absolute Gasteiger partial charge is 0.442 e. The van der Waals surface area contributed by atoms with Crippen molar-refractivity contribution in [1.29, 1.82) is 0 Å². The van der Waals surface area contributed by atoms with Gasteiger partial charge in [-0.1, -0.05) is 24.3 Å². The van der Waals surface area contributed by atoms with Gasteiger partial charge in [0.25, 0.3) is 0 Å². The van der Waals surface area contributed by atoms with Gasteiger partial charge in [-0.3, -0.25) is 9.69 Å². The number of amides is 1. The highest BCUT2D eigenvalue weighted by molar-refractivity contribution is 5.90. The lowest BCUT2D eigenvalue weighted by molar-refractivity contribution is 0.112. The number of ether oxygens (including phenoxy) is 1. The number of carbonyl (C=O) groups excluding carboxylic acids is 2. The average Bonchev–Trinajstić information content (AvgIpc) is 3.31. The van der Waals surface area contributed by atoms with Crippen LogP contribution in [0.3, 0.4) is 0 Å². The lowest BCUT2D eigenvalue weighted by Crippen LogP contribution is -2.26. The Morgan fingerprint density at radius 3 is 2.70 bits per heavy atom. The van der Waals surface area contributed by atoms with E-state index in [0.717, 1.165) is 6.29 Å². The van der Waals surface area contributed by atoms with Crippen LogP contribution in [0, 0.1) is 5.82 Å². The fraction of sp³-hybridized carbons (Fsp3) is 0.158. The zero-order valence-electron chi connectivity index (χ0n) is 14.2. The normalized spacial score (nSPS) is 16.4. The SMILES string of the molecule is O=Cc1ccc(-c2ccc(N3CC(Cn4cncn4)OC3=O)cc2F)cc1. The number of hydrogen-bond acceptors (Lipinski definition) is 5. The Morgan fingerprint density at radius 2 is 2.04 bits per heavy atom. The fourth-order valence-corrected chi connectivity index (χ4v) is 3.01. The summed E-state index contributed by atoms with van der Waals surface area (Å²) in [6.45, 7) is 0.678. The topological polar surface area (TPSA) is 77.3 Å². The Balaban J connectivity index is 1.53. The van der Waals surface area contributed by atoms with E-state index in [0.29, 0.717) is 35.5 Å². The molecule has 0 N–H and O–H groups in total. The van der Waals surface area contributed by atoms with Crippen molar-refractivity contribution in [3.63, 3.8) is 0 Å². The standard InChI is InChI=1S/C19H15FN4O3/c20-18-7-15(5-6-17(18)14-3-1-13(10-25)2-4-14)24-9-16(27-19(24)26)8-23-12-21-11-22-23/h1-7,10-12,16H,8-9H2. The zero-order valence-corrected chi connectivity index (χ0v) is 14.2. The molecule has 1 saturated heterocycles. The first-order valence-corrected chi connectivity index (χ1v) is 8.30. The molecule has 0 spiro atoms. The molecule has 1 atom stereocenters. The van der Waals surface area contributed by atoms with Gasteiger partial charge in [0.2, 0.25) is 0 Å². The fourth-order valence-electron chi connectivity index (χ4n) is 3.01. The molecular weight excluding hydrogens is 351 g/mol. The van der Waals surface area contributed by atoms with E-state index < -0.39 is 18.0 Å². The van der Waals surface area contributed by atoms with E-state index in [2.05, 4.69) is 10.1 Å². The first-order valence-electron chi connectivity index (χ1n) is 8.30. The first-order chi connectivity index (χ1) is 13.1. The molecule has 3 aromatic rings. The van der Waals surface area contributed by atoms with Crippen LogP contribution in [0.15, 0.2) is 55.1 Å². The van der Waals surface area contributed by atoms with Crippen LogP contribution in [-0.2, 0) is 11.3 Å². The molecule has 2 aromatic carbocycles.